The molecule has 0 aromatic heterocycles. The average Bonchev–Trinajstić information content (AvgIpc) is 2.43. The monoisotopic (exact) mass is 274 g/mol. The standard InChI is InChI=1S/C15H15FN2O2/c16-12-4-1-3-11(9-12)15(19)18-7-8-20-14-6-2-5-13(17)10-14/h1-6,9-10H,7-8,17H2,(H,18,19). The number of benzene rings is 2. The summed E-state index contributed by atoms with van der Waals surface area (Å²) in [6.07, 6.45) is 0. The number of hydrogen-bond acceptors (Lipinski definition) is 3. The van der Waals surface area contributed by atoms with Crippen molar-refractivity contribution in [3.8, 4) is 5.75 Å². The normalized spacial score (nSPS) is 10.1. The number of ether oxygens (including phenoxy) is 1. The van der Waals surface area contributed by atoms with Gasteiger partial charge in [-0.25, -0.2) is 4.39 Å². The highest BCUT2D eigenvalue weighted by molar-refractivity contribution is 5.94. The van der Waals surface area contributed by atoms with E-state index in [0.29, 0.717) is 24.6 Å². The molecule has 2 rings (SSSR count). The van der Waals surface area contributed by atoms with Gasteiger partial charge < -0.3 is 15.8 Å². The average molecular weight is 274 g/mol. The molecule has 0 atom stereocenters. The number of amides is 1. The van der Waals surface area contributed by atoms with E-state index in [1.807, 2.05) is 0 Å². The van der Waals surface area contributed by atoms with Gasteiger partial charge in [-0.1, -0.05) is 12.1 Å². The maximum absolute atomic E-state index is 13.0. The van der Waals surface area contributed by atoms with Crippen molar-refractivity contribution in [1.82, 2.24) is 5.32 Å². The third kappa shape index (κ3) is 3.98. The molecule has 0 saturated carbocycles. The molecule has 0 spiro atoms. The van der Waals surface area contributed by atoms with Crippen molar-refractivity contribution in [3.63, 3.8) is 0 Å². The zero-order valence-corrected chi connectivity index (χ0v) is 10.8. The van der Waals surface area contributed by atoms with Crippen LogP contribution in [0, 0.1) is 5.82 Å². The molecule has 20 heavy (non-hydrogen) atoms. The Morgan fingerprint density at radius 2 is 2.00 bits per heavy atom. The molecule has 3 N–H and O–H groups in total. The molecular formula is C15H15FN2O2. The summed E-state index contributed by atoms with van der Waals surface area (Å²) in [4.78, 5) is 11.7. The Kier molecular flexibility index (Phi) is 4.55. The number of nitrogens with two attached hydrogens (primary N) is 1. The second kappa shape index (κ2) is 6.56. The third-order valence-corrected chi connectivity index (χ3v) is 2.60. The van der Waals surface area contributed by atoms with Crippen molar-refractivity contribution in [2.24, 2.45) is 0 Å². The fourth-order valence-corrected chi connectivity index (χ4v) is 1.67. The largest absolute Gasteiger partial charge is 0.492 e. The van der Waals surface area contributed by atoms with Crippen LogP contribution in [-0.4, -0.2) is 19.1 Å². The highest BCUT2D eigenvalue weighted by atomic mass is 19.1. The van der Waals surface area contributed by atoms with Crippen LogP contribution in [0.3, 0.4) is 0 Å². The summed E-state index contributed by atoms with van der Waals surface area (Å²) in [5.74, 6) is -0.126. The molecule has 104 valence electrons. The number of nitrogen functional groups attached to an aromatic ring is 1. The summed E-state index contributed by atoms with van der Waals surface area (Å²) < 4.78 is 18.4. The molecule has 0 saturated heterocycles. The topological polar surface area (TPSA) is 64.3 Å². The number of nitrogens with one attached hydrogen (secondary N) is 1. The van der Waals surface area contributed by atoms with E-state index in [9.17, 15) is 9.18 Å². The number of carbonyl (C=O) groups is 1. The first-order valence-corrected chi connectivity index (χ1v) is 6.17. The van der Waals surface area contributed by atoms with Gasteiger partial charge in [0.2, 0.25) is 0 Å². The minimum atomic E-state index is -0.436. The van der Waals surface area contributed by atoms with Crippen LogP contribution in [0.4, 0.5) is 10.1 Å². The molecule has 1 amide bonds. The Bertz CT molecular complexity index is 602. The van der Waals surface area contributed by atoms with Gasteiger partial charge in [-0.2, -0.15) is 0 Å². The van der Waals surface area contributed by atoms with Gasteiger partial charge in [0.15, 0.2) is 0 Å². The Labute approximate surface area is 116 Å². The zero-order chi connectivity index (χ0) is 14.4. The van der Waals surface area contributed by atoms with Crippen LogP contribution in [0.25, 0.3) is 0 Å². The zero-order valence-electron chi connectivity index (χ0n) is 10.8. The number of rotatable bonds is 5. The van der Waals surface area contributed by atoms with Crippen molar-refractivity contribution < 1.29 is 13.9 Å². The maximum Gasteiger partial charge on any atom is 0.251 e. The molecule has 0 unspecified atom stereocenters. The van der Waals surface area contributed by atoms with E-state index in [4.69, 9.17) is 10.5 Å². The van der Waals surface area contributed by atoms with Crippen molar-refractivity contribution >= 4 is 11.6 Å². The van der Waals surface area contributed by atoms with E-state index in [1.165, 1.54) is 18.2 Å². The molecule has 0 aliphatic carbocycles. The van der Waals surface area contributed by atoms with E-state index < -0.39 is 5.82 Å². The lowest BCUT2D eigenvalue weighted by Crippen LogP contribution is -2.28. The lowest BCUT2D eigenvalue weighted by molar-refractivity contribution is 0.0946. The summed E-state index contributed by atoms with van der Waals surface area (Å²) in [6.45, 7) is 0.634. The summed E-state index contributed by atoms with van der Waals surface area (Å²) in [5, 5.41) is 2.65. The Balaban J connectivity index is 1.77. The third-order valence-electron chi connectivity index (χ3n) is 2.60. The Morgan fingerprint density at radius 1 is 1.20 bits per heavy atom. The minimum absolute atomic E-state index is 0.286. The number of carbonyl (C=O) groups excluding carboxylic acids is 1. The van der Waals surface area contributed by atoms with Gasteiger partial charge in [0.1, 0.15) is 18.2 Å². The second-order valence-electron chi connectivity index (χ2n) is 4.19. The van der Waals surface area contributed by atoms with Gasteiger partial charge in [0.05, 0.1) is 6.54 Å². The van der Waals surface area contributed by atoms with Crippen LogP contribution in [0.15, 0.2) is 48.5 Å². The predicted octanol–water partition coefficient (Wildman–Crippen LogP) is 2.22. The van der Waals surface area contributed by atoms with Gasteiger partial charge in [-0.15, -0.1) is 0 Å². The molecule has 0 aliphatic heterocycles. The number of halogens is 1. The molecule has 0 fully saturated rings. The fraction of sp³-hybridized carbons (Fsp3) is 0.133. The molecule has 4 nitrogen and oxygen atoms in total. The first-order chi connectivity index (χ1) is 9.65. The van der Waals surface area contributed by atoms with Gasteiger partial charge in [-0.05, 0) is 30.3 Å². The van der Waals surface area contributed by atoms with Crippen LogP contribution in [0.5, 0.6) is 5.75 Å². The predicted molar refractivity (Wildman–Crippen MR) is 75.1 cm³/mol. The maximum atomic E-state index is 13.0. The van der Waals surface area contributed by atoms with Crippen LogP contribution < -0.4 is 15.8 Å². The molecule has 2 aromatic carbocycles. The van der Waals surface area contributed by atoms with Crippen LogP contribution in [0.1, 0.15) is 10.4 Å². The van der Waals surface area contributed by atoms with E-state index in [0.717, 1.165) is 0 Å². The molecular weight excluding hydrogens is 259 g/mol. The van der Waals surface area contributed by atoms with E-state index in [2.05, 4.69) is 5.32 Å². The second-order valence-corrected chi connectivity index (χ2v) is 4.19. The molecule has 0 aliphatic rings. The summed E-state index contributed by atoms with van der Waals surface area (Å²) in [7, 11) is 0. The Hall–Kier alpha value is -2.56. The Morgan fingerprint density at radius 3 is 2.75 bits per heavy atom. The van der Waals surface area contributed by atoms with Crippen LogP contribution >= 0.6 is 0 Å². The van der Waals surface area contributed by atoms with E-state index in [1.54, 1.807) is 30.3 Å². The smallest absolute Gasteiger partial charge is 0.251 e. The van der Waals surface area contributed by atoms with E-state index in [-0.39, 0.29) is 11.5 Å². The summed E-state index contributed by atoms with van der Waals surface area (Å²) >= 11 is 0. The van der Waals surface area contributed by atoms with Crippen molar-refractivity contribution in [2.45, 2.75) is 0 Å². The number of anilines is 1. The minimum Gasteiger partial charge on any atom is -0.492 e. The molecule has 0 bridgehead atoms. The first kappa shape index (κ1) is 13.9. The van der Waals surface area contributed by atoms with Crippen molar-refractivity contribution in [1.29, 1.82) is 0 Å². The lowest BCUT2D eigenvalue weighted by atomic mass is 10.2. The highest BCUT2D eigenvalue weighted by Crippen LogP contribution is 2.13. The SMILES string of the molecule is Nc1cccc(OCCNC(=O)c2cccc(F)c2)c1. The van der Waals surface area contributed by atoms with Crippen LogP contribution in [0.2, 0.25) is 0 Å². The summed E-state index contributed by atoms with van der Waals surface area (Å²) in [5.41, 5.74) is 6.52. The molecule has 0 heterocycles. The quantitative estimate of drug-likeness (QED) is 0.649. The fourth-order valence-electron chi connectivity index (χ4n) is 1.67. The summed E-state index contributed by atoms with van der Waals surface area (Å²) in [6, 6.07) is 12.6. The number of hydrogen-bond donors (Lipinski definition) is 2. The highest BCUT2D eigenvalue weighted by Gasteiger charge is 2.05. The molecule has 0 radical (unpaired) electrons. The van der Waals surface area contributed by atoms with Gasteiger partial charge in [0.25, 0.3) is 5.91 Å². The van der Waals surface area contributed by atoms with Gasteiger partial charge in [-0.3, -0.25) is 4.79 Å². The first-order valence-electron chi connectivity index (χ1n) is 6.17. The lowest BCUT2D eigenvalue weighted by Gasteiger charge is -2.08. The van der Waals surface area contributed by atoms with Crippen molar-refractivity contribution in [3.05, 3.63) is 59.9 Å². The van der Waals surface area contributed by atoms with Crippen LogP contribution in [-0.2, 0) is 0 Å². The van der Waals surface area contributed by atoms with Gasteiger partial charge in [0, 0.05) is 17.3 Å². The molecule has 5 heteroatoms. The van der Waals surface area contributed by atoms with Crippen molar-refractivity contribution in [2.75, 3.05) is 18.9 Å². The molecule has 2 aromatic rings. The van der Waals surface area contributed by atoms with E-state index >= 15 is 0 Å². The van der Waals surface area contributed by atoms with Gasteiger partial charge >= 0.3 is 0 Å².